The van der Waals surface area contributed by atoms with Gasteiger partial charge in [0.15, 0.2) is 6.10 Å². The van der Waals surface area contributed by atoms with Gasteiger partial charge >= 0.3 is 5.97 Å². The molecule has 1 N–H and O–H groups in total. The van der Waals surface area contributed by atoms with Crippen molar-refractivity contribution in [1.29, 1.82) is 0 Å². The van der Waals surface area contributed by atoms with Crippen LogP contribution in [-0.4, -0.2) is 42.2 Å². The van der Waals surface area contributed by atoms with Gasteiger partial charge in [0.1, 0.15) is 6.10 Å². The second-order valence-corrected chi connectivity index (χ2v) is 8.26. The third kappa shape index (κ3) is 5.78. The van der Waals surface area contributed by atoms with Crippen molar-refractivity contribution < 1.29 is 14.6 Å². The maximum atomic E-state index is 11.8. The highest BCUT2D eigenvalue weighted by Crippen LogP contribution is 2.30. The quantitative estimate of drug-likeness (QED) is 0.685. The first-order valence-corrected chi connectivity index (χ1v) is 10.3. The summed E-state index contributed by atoms with van der Waals surface area (Å²) in [7, 11) is 2.14. The summed E-state index contributed by atoms with van der Waals surface area (Å²) in [5, 5.41) is 9.67. The number of nitrogens with zero attached hydrogens (tertiary/aromatic N) is 1. The van der Waals surface area contributed by atoms with Gasteiger partial charge in [-0.15, -0.1) is 0 Å². The lowest BCUT2D eigenvalue weighted by Crippen LogP contribution is -2.28. The lowest BCUT2D eigenvalue weighted by atomic mass is 9.96. The van der Waals surface area contributed by atoms with E-state index < -0.39 is 18.2 Å². The van der Waals surface area contributed by atoms with Crippen LogP contribution in [0.4, 0.5) is 0 Å². The topological polar surface area (TPSA) is 49.8 Å². The molecule has 29 heavy (non-hydrogen) atoms. The van der Waals surface area contributed by atoms with Crippen LogP contribution in [0.2, 0.25) is 0 Å². The van der Waals surface area contributed by atoms with Crippen LogP contribution in [0.15, 0.2) is 60.7 Å². The minimum absolute atomic E-state index is 0.241. The fourth-order valence-electron chi connectivity index (χ4n) is 3.76. The van der Waals surface area contributed by atoms with E-state index in [-0.39, 0.29) is 5.92 Å². The highest BCUT2D eigenvalue weighted by atomic mass is 16.5. The standard InChI is InChI=1S/C25H31NO3/c1-18(2)16-23(25(27)28)29-24(20-8-5-4-6-9-20)21-13-11-19(12-14-21)22-10-7-15-26(3)17-22/h4-6,8-14,18,23-24H,7,15-17H2,1-3H3,(H,27,28)/t23-,24?/m0/s1. The molecular formula is C25H31NO3. The van der Waals surface area contributed by atoms with Gasteiger partial charge in [-0.25, -0.2) is 4.79 Å². The fourth-order valence-corrected chi connectivity index (χ4v) is 3.76. The van der Waals surface area contributed by atoms with E-state index in [4.69, 9.17) is 4.74 Å². The van der Waals surface area contributed by atoms with Crippen LogP contribution in [0.5, 0.6) is 0 Å². The summed E-state index contributed by atoms with van der Waals surface area (Å²) >= 11 is 0. The Morgan fingerprint density at radius 3 is 2.31 bits per heavy atom. The van der Waals surface area contributed by atoms with Gasteiger partial charge in [-0.3, -0.25) is 0 Å². The molecule has 0 saturated carbocycles. The summed E-state index contributed by atoms with van der Waals surface area (Å²) < 4.78 is 6.17. The molecule has 0 aromatic heterocycles. The Bertz CT molecular complexity index is 827. The molecule has 2 atom stereocenters. The number of likely N-dealkylation sites (N-methyl/N-ethyl adjacent to an activating group) is 1. The number of benzene rings is 2. The maximum Gasteiger partial charge on any atom is 0.332 e. The summed E-state index contributed by atoms with van der Waals surface area (Å²) in [4.78, 5) is 14.1. The molecule has 1 heterocycles. The van der Waals surface area contributed by atoms with E-state index in [2.05, 4.69) is 42.3 Å². The van der Waals surface area contributed by atoms with E-state index in [0.717, 1.165) is 30.6 Å². The van der Waals surface area contributed by atoms with Crippen LogP contribution in [-0.2, 0) is 9.53 Å². The van der Waals surface area contributed by atoms with Crippen LogP contribution in [0.25, 0.3) is 5.57 Å². The van der Waals surface area contributed by atoms with Crippen molar-refractivity contribution in [2.75, 3.05) is 20.1 Å². The van der Waals surface area contributed by atoms with Gasteiger partial charge in [-0.1, -0.05) is 74.5 Å². The van der Waals surface area contributed by atoms with E-state index in [1.165, 1.54) is 11.1 Å². The molecule has 1 unspecified atom stereocenters. The number of carbonyl (C=O) groups is 1. The van der Waals surface area contributed by atoms with Crippen molar-refractivity contribution >= 4 is 11.5 Å². The van der Waals surface area contributed by atoms with Crippen molar-refractivity contribution in [1.82, 2.24) is 4.90 Å². The molecule has 0 bridgehead atoms. The number of carboxylic acids is 1. The van der Waals surface area contributed by atoms with E-state index >= 15 is 0 Å². The summed E-state index contributed by atoms with van der Waals surface area (Å²) in [6.07, 6.45) is 2.61. The lowest BCUT2D eigenvalue weighted by Gasteiger charge is -2.25. The number of carboxylic acid groups (broad SMARTS) is 1. The molecule has 1 aliphatic rings. The van der Waals surface area contributed by atoms with Crippen molar-refractivity contribution in [3.05, 3.63) is 77.4 Å². The zero-order chi connectivity index (χ0) is 20.8. The zero-order valence-electron chi connectivity index (χ0n) is 17.5. The van der Waals surface area contributed by atoms with Crippen LogP contribution in [0, 0.1) is 5.92 Å². The second kappa shape index (κ2) is 9.86. The average Bonchev–Trinajstić information content (AvgIpc) is 2.71. The SMILES string of the molecule is CC(C)C[C@H](OC(c1ccccc1)c1ccc(C2=CCCN(C)C2)cc1)C(=O)O. The minimum atomic E-state index is -0.911. The summed E-state index contributed by atoms with van der Waals surface area (Å²) in [5.41, 5.74) is 4.49. The molecule has 0 aliphatic carbocycles. The smallest absolute Gasteiger partial charge is 0.332 e. The largest absolute Gasteiger partial charge is 0.479 e. The summed E-state index contributed by atoms with van der Waals surface area (Å²) in [5.74, 6) is -0.670. The van der Waals surface area contributed by atoms with Gasteiger partial charge < -0.3 is 14.7 Å². The fraction of sp³-hybridized carbons (Fsp3) is 0.400. The number of ether oxygens (including phenoxy) is 1. The Kier molecular flexibility index (Phi) is 7.24. The Morgan fingerprint density at radius 2 is 1.72 bits per heavy atom. The predicted octanol–water partition coefficient (Wildman–Crippen LogP) is 5.01. The van der Waals surface area contributed by atoms with Gasteiger partial charge in [0.05, 0.1) is 0 Å². The second-order valence-electron chi connectivity index (χ2n) is 8.26. The lowest BCUT2D eigenvalue weighted by molar-refractivity contribution is -0.154. The predicted molar refractivity (Wildman–Crippen MR) is 117 cm³/mol. The first-order chi connectivity index (χ1) is 13.9. The molecule has 0 saturated heterocycles. The molecule has 3 rings (SSSR count). The Labute approximate surface area is 173 Å². The van der Waals surface area contributed by atoms with Gasteiger partial charge in [-0.05, 0) is 48.1 Å². The highest BCUT2D eigenvalue weighted by molar-refractivity contribution is 5.72. The number of aliphatic carboxylic acids is 1. The normalized spacial score (nSPS) is 17.0. The highest BCUT2D eigenvalue weighted by Gasteiger charge is 2.26. The Balaban J connectivity index is 1.88. The molecular weight excluding hydrogens is 362 g/mol. The first-order valence-electron chi connectivity index (χ1n) is 10.3. The van der Waals surface area contributed by atoms with Crippen LogP contribution in [0.3, 0.4) is 0 Å². The molecule has 0 fully saturated rings. The zero-order valence-corrected chi connectivity index (χ0v) is 17.5. The average molecular weight is 394 g/mol. The molecule has 4 heteroatoms. The number of hydrogen-bond donors (Lipinski definition) is 1. The van der Waals surface area contributed by atoms with E-state index in [9.17, 15) is 9.90 Å². The van der Waals surface area contributed by atoms with Crippen molar-refractivity contribution in [3.8, 4) is 0 Å². The van der Waals surface area contributed by atoms with E-state index in [0.29, 0.717) is 6.42 Å². The molecule has 0 radical (unpaired) electrons. The van der Waals surface area contributed by atoms with Gasteiger partial charge in [0.2, 0.25) is 0 Å². The Hall–Kier alpha value is -2.43. The molecule has 4 nitrogen and oxygen atoms in total. The van der Waals surface area contributed by atoms with E-state index in [1.54, 1.807) is 0 Å². The maximum absolute atomic E-state index is 11.8. The minimum Gasteiger partial charge on any atom is -0.479 e. The Morgan fingerprint density at radius 1 is 1.07 bits per heavy atom. The first kappa shape index (κ1) is 21.3. The third-order valence-electron chi connectivity index (χ3n) is 5.29. The monoisotopic (exact) mass is 393 g/mol. The van der Waals surface area contributed by atoms with Crippen molar-refractivity contribution in [2.45, 2.75) is 38.9 Å². The van der Waals surface area contributed by atoms with Crippen LogP contribution >= 0.6 is 0 Å². The molecule has 0 spiro atoms. The molecule has 154 valence electrons. The summed E-state index contributed by atoms with van der Waals surface area (Å²) in [6.45, 7) is 6.08. The van der Waals surface area contributed by atoms with Crippen molar-refractivity contribution in [2.24, 2.45) is 5.92 Å². The van der Waals surface area contributed by atoms with Crippen molar-refractivity contribution in [3.63, 3.8) is 0 Å². The third-order valence-corrected chi connectivity index (χ3v) is 5.29. The summed E-state index contributed by atoms with van der Waals surface area (Å²) in [6, 6.07) is 18.2. The number of hydrogen-bond acceptors (Lipinski definition) is 3. The number of rotatable bonds is 8. The van der Waals surface area contributed by atoms with Gasteiger partial charge in [0.25, 0.3) is 0 Å². The molecule has 2 aromatic rings. The van der Waals surface area contributed by atoms with Gasteiger partial charge in [-0.2, -0.15) is 0 Å². The molecule has 0 amide bonds. The molecule has 2 aromatic carbocycles. The van der Waals surface area contributed by atoms with Crippen LogP contribution in [0.1, 0.15) is 49.5 Å². The van der Waals surface area contributed by atoms with Crippen LogP contribution < -0.4 is 0 Å². The van der Waals surface area contributed by atoms with E-state index in [1.807, 2.05) is 44.2 Å². The van der Waals surface area contributed by atoms with Gasteiger partial charge in [0, 0.05) is 13.1 Å². The molecule has 1 aliphatic heterocycles.